The van der Waals surface area contributed by atoms with E-state index in [9.17, 15) is 13.2 Å². The van der Waals surface area contributed by atoms with Gasteiger partial charge in [-0.2, -0.15) is 0 Å². The number of ether oxygens (including phenoxy) is 1. The van der Waals surface area contributed by atoms with Crippen molar-refractivity contribution in [2.75, 3.05) is 18.0 Å². The van der Waals surface area contributed by atoms with Crippen LogP contribution in [-0.2, 0) is 27.6 Å². The number of methoxy groups -OCH3 is 1. The van der Waals surface area contributed by atoms with Gasteiger partial charge in [0.15, 0.2) is 0 Å². The first-order valence-corrected chi connectivity index (χ1v) is 9.24. The van der Waals surface area contributed by atoms with Crippen LogP contribution in [0.2, 0.25) is 0 Å². The predicted octanol–water partition coefficient (Wildman–Crippen LogP) is 2.79. The molecule has 1 aliphatic heterocycles. The fourth-order valence-corrected chi connectivity index (χ4v) is 4.36. The molecule has 3 rings (SSSR count). The molecule has 0 radical (unpaired) electrons. The number of anilines is 1. The van der Waals surface area contributed by atoms with Gasteiger partial charge in [0.2, 0.25) is 0 Å². The van der Waals surface area contributed by atoms with E-state index in [1.165, 1.54) is 11.4 Å². The van der Waals surface area contributed by atoms with Gasteiger partial charge in [-0.25, -0.2) is 13.2 Å². The quantitative estimate of drug-likeness (QED) is 0.800. The van der Waals surface area contributed by atoms with Crippen LogP contribution in [0.25, 0.3) is 0 Å². The number of nitrogens with zero attached hydrogens (tertiary/aromatic N) is 1. The number of carbonyl (C=O) groups excluding carboxylic acids is 1. The Morgan fingerprint density at radius 3 is 2.50 bits per heavy atom. The molecule has 0 aliphatic carbocycles. The van der Waals surface area contributed by atoms with Crippen LogP contribution in [0.3, 0.4) is 0 Å². The maximum absolute atomic E-state index is 13.0. The monoisotopic (exact) mass is 345 g/mol. The molecule has 0 saturated heterocycles. The lowest BCUT2D eigenvalue weighted by atomic mass is 10.1. The van der Waals surface area contributed by atoms with Gasteiger partial charge in [-0.3, -0.25) is 4.31 Å². The Kier molecular flexibility index (Phi) is 4.32. The van der Waals surface area contributed by atoms with E-state index in [-0.39, 0.29) is 4.90 Å². The van der Waals surface area contributed by atoms with Gasteiger partial charge in [-0.05, 0) is 48.2 Å². The molecule has 2 aromatic carbocycles. The molecule has 0 atom stereocenters. The molecule has 0 bridgehead atoms. The Morgan fingerprint density at radius 2 is 1.88 bits per heavy atom. The average Bonchev–Trinajstić information content (AvgIpc) is 3.05. The molecule has 0 aromatic heterocycles. The fraction of sp³-hybridized carbons (Fsp3) is 0.278. The van der Waals surface area contributed by atoms with Crippen LogP contribution in [-0.4, -0.2) is 28.0 Å². The van der Waals surface area contributed by atoms with Crippen molar-refractivity contribution in [3.8, 4) is 0 Å². The Bertz CT molecular complexity index is 872. The van der Waals surface area contributed by atoms with Gasteiger partial charge in [0.25, 0.3) is 10.0 Å². The number of hydrogen-bond donors (Lipinski definition) is 0. The zero-order valence-electron chi connectivity index (χ0n) is 13.7. The highest BCUT2D eigenvalue weighted by atomic mass is 32.2. The van der Waals surface area contributed by atoms with Crippen molar-refractivity contribution in [3.05, 3.63) is 59.2 Å². The van der Waals surface area contributed by atoms with E-state index >= 15 is 0 Å². The summed E-state index contributed by atoms with van der Waals surface area (Å²) in [6.07, 6.45) is 1.48. The molecule has 0 saturated carbocycles. The number of aryl methyl sites for hydroxylation is 1. The van der Waals surface area contributed by atoms with Crippen LogP contribution >= 0.6 is 0 Å². The summed E-state index contributed by atoms with van der Waals surface area (Å²) in [5, 5.41) is 0. The fourth-order valence-electron chi connectivity index (χ4n) is 2.87. The Labute approximate surface area is 141 Å². The molecule has 0 unspecified atom stereocenters. The van der Waals surface area contributed by atoms with Crippen LogP contribution in [0.4, 0.5) is 5.69 Å². The third kappa shape index (κ3) is 2.78. The second-order valence-corrected chi connectivity index (χ2v) is 7.52. The van der Waals surface area contributed by atoms with E-state index in [2.05, 4.69) is 0 Å². The van der Waals surface area contributed by atoms with Gasteiger partial charge < -0.3 is 4.74 Å². The number of benzene rings is 2. The third-order valence-electron chi connectivity index (χ3n) is 4.28. The highest BCUT2D eigenvalue weighted by Crippen LogP contribution is 2.34. The van der Waals surface area contributed by atoms with E-state index in [0.29, 0.717) is 24.2 Å². The minimum Gasteiger partial charge on any atom is -0.465 e. The van der Waals surface area contributed by atoms with E-state index in [4.69, 9.17) is 4.74 Å². The second kappa shape index (κ2) is 6.28. The van der Waals surface area contributed by atoms with Crippen molar-refractivity contribution in [2.24, 2.45) is 0 Å². The van der Waals surface area contributed by atoms with Crippen LogP contribution < -0.4 is 4.31 Å². The maximum atomic E-state index is 13.0. The number of carbonyl (C=O) groups is 1. The molecule has 5 nitrogen and oxygen atoms in total. The molecular weight excluding hydrogens is 326 g/mol. The first kappa shape index (κ1) is 16.5. The normalized spacial score (nSPS) is 13.7. The summed E-state index contributed by atoms with van der Waals surface area (Å²) >= 11 is 0. The number of sulfonamides is 1. The minimum atomic E-state index is -3.65. The largest absolute Gasteiger partial charge is 0.465 e. The number of hydrogen-bond acceptors (Lipinski definition) is 4. The summed E-state index contributed by atoms with van der Waals surface area (Å²) in [5.74, 6) is -0.477. The van der Waals surface area contributed by atoms with Crippen molar-refractivity contribution < 1.29 is 17.9 Å². The standard InChI is InChI=1S/C18H19NO4S/c1-3-13-4-8-16(9-5-13)24(21,22)19-11-10-14-6-7-15(12-17(14)19)18(20)23-2/h4-9,12H,3,10-11H2,1-2H3. The molecular formula is C18H19NO4S. The molecule has 1 heterocycles. The van der Waals surface area contributed by atoms with Gasteiger partial charge in [-0.1, -0.05) is 25.1 Å². The summed E-state index contributed by atoms with van der Waals surface area (Å²) in [5.41, 5.74) is 2.90. The molecule has 0 N–H and O–H groups in total. The highest BCUT2D eigenvalue weighted by Gasteiger charge is 2.31. The molecule has 0 fully saturated rings. The van der Waals surface area contributed by atoms with Crippen molar-refractivity contribution in [3.63, 3.8) is 0 Å². The van der Waals surface area contributed by atoms with E-state index in [0.717, 1.165) is 17.5 Å². The number of fused-ring (bicyclic) bond motifs is 1. The minimum absolute atomic E-state index is 0.260. The van der Waals surface area contributed by atoms with Crippen LogP contribution in [0, 0.1) is 0 Å². The topological polar surface area (TPSA) is 63.7 Å². The zero-order chi connectivity index (χ0) is 17.3. The lowest BCUT2D eigenvalue weighted by molar-refractivity contribution is 0.0601. The first-order chi connectivity index (χ1) is 11.5. The van der Waals surface area contributed by atoms with Gasteiger partial charge in [0.05, 0.1) is 23.3 Å². The molecule has 0 amide bonds. The van der Waals surface area contributed by atoms with Crippen molar-refractivity contribution >= 4 is 21.7 Å². The smallest absolute Gasteiger partial charge is 0.337 e. The Hall–Kier alpha value is -2.34. The van der Waals surface area contributed by atoms with Crippen molar-refractivity contribution in [1.29, 1.82) is 0 Å². The molecule has 1 aliphatic rings. The molecule has 24 heavy (non-hydrogen) atoms. The summed E-state index contributed by atoms with van der Waals surface area (Å²) in [7, 11) is -2.34. The molecule has 6 heteroatoms. The molecule has 2 aromatic rings. The van der Waals surface area contributed by atoms with Crippen LogP contribution in [0.1, 0.15) is 28.4 Å². The Morgan fingerprint density at radius 1 is 1.17 bits per heavy atom. The average molecular weight is 345 g/mol. The zero-order valence-corrected chi connectivity index (χ0v) is 14.5. The SMILES string of the molecule is CCc1ccc(S(=O)(=O)N2CCc3ccc(C(=O)OC)cc32)cc1. The van der Waals surface area contributed by atoms with Crippen LogP contribution in [0.5, 0.6) is 0 Å². The van der Waals surface area contributed by atoms with Crippen molar-refractivity contribution in [1.82, 2.24) is 0 Å². The molecule has 126 valence electrons. The summed E-state index contributed by atoms with van der Waals surface area (Å²) < 4.78 is 32.0. The summed E-state index contributed by atoms with van der Waals surface area (Å²) in [6.45, 7) is 2.40. The lowest BCUT2D eigenvalue weighted by Gasteiger charge is -2.20. The van der Waals surface area contributed by atoms with E-state index in [1.54, 1.807) is 30.3 Å². The number of rotatable bonds is 4. The molecule has 0 spiro atoms. The number of esters is 1. The van der Waals surface area contributed by atoms with Gasteiger partial charge in [0, 0.05) is 6.54 Å². The summed E-state index contributed by atoms with van der Waals surface area (Å²) in [4.78, 5) is 12.0. The van der Waals surface area contributed by atoms with Crippen molar-refractivity contribution in [2.45, 2.75) is 24.7 Å². The highest BCUT2D eigenvalue weighted by molar-refractivity contribution is 7.92. The van der Waals surface area contributed by atoms with Crippen LogP contribution in [0.15, 0.2) is 47.4 Å². The second-order valence-electron chi connectivity index (χ2n) is 5.66. The maximum Gasteiger partial charge on any atom is 0.337 e. The predicted molar refractivity (Wildman–Crippen MR) is 91.8 cm³/mol. The van der Waals surface area contributed by atoms with E-state index in [1.807, 2.05) is 19.1 Å². The van der Waals surface area contributed by atoms with Gasteiger partial charge in [-0.15, -0.1) is 0 Å². The lowest BCUT2D eigenvalue weighted by Crippen LogP contribution is -2.29. The Balaban J connectivity index is 2.01. The third-order valence-corrected chi connectivity index (χ3v) is 6.11. The van der Waals surface area contributed by atoms with E-state index < -0.39 is 16.0 Å². The first-order valence-electron chi connectivity index (χ1n) is 7.80. The van der Waals surface area contributed by atoms with Gasteiger partial charge in [0.1, 0.15) is 0 Å². The summed E-state index contributed by atoms with van der Waals surface area (Å²) in [6, 6.07) is 12.0. The van der Waals surface area contributed by atoms with Gasteiger partial charge >= 0.3 is 5.97 Å².